The molecule has 108 valence electrons. The lowest BCUT2D eigenvalue weighted by atomic mass is 10.1. The van der Waals surface area contributed by atoms with Crippen molar-refractivity contribution in [1.82, 2.24) is 0 Å². The standard InChI is InChI=1S/C10H9NO8S/c11-4-7(12)19-10(15)6-3-1-2-5(9(13)14)8(6)20(16,17)18/h1-3H,4,11H2,(H,13,14)(H,16,17,18). The molecule has 0 aliphatic carbocycles. The summed E-state index contributed by atoms with van der Waals surface area (Å²) in [7, 11) is -5.02. The molecule has 4 N–H and O–H groups in total. The fourth-order valence-corrected chi connectivity index (χ4v) is 2.21. The molecule has 9 nitrogen and oxygen atoms in total. The number of carboxylic acid groups (broad SMARTS) is 1. The molecule has 0 bridgehead atoms. The summed E-state index contributed by atoms with van der Waals surface area (Å²) < 4.78 is 35.6. The van der Waals surface area contributed by atoms with Crippen molar-refractivity contribution < 1.29 is 37.2 Å². The lowest BCUT2D eigenvalue weighted by Gasteiger charge is -2.08. The van der Waals surface area contributed by atoms with Gasteiger partial charge in [-0.2, -0.15) is 8.42 Å². The average Bonchev–Trinajstić information content (AvgIpc) is 2.36. The molecule has 10 heteroatoms. The molecular weight excluding hydrogens is 294 g/mol. The van der Waals surface area contributed by atoms with Gasteiger partial charge in [-0.15, -0.1) is 0 Å². The minimum Gasteiger partial charge on any atom is -0.478 e. The number of hydrogen-bond donors (Lipinski definition) is 3. The van der Waals surface area contributed by atoms with Crippen LogP contribution in [0.5, 0.6) is 0 Å². The minimum atomic E-state index is -5.02. The van der Waals surface area contributed by atoms with Gasteiger partial charge in [0.25, 0.3) is 10.1 Å². The molecule has 1 rings (SSSR count). The van der Waals surface area contributed by atoms with Gasteiger partial charge in [0.1, 0.15) is 4.90 Å². The zero-order valence-corrected chi connectivity index (χ0v) is 10.6. The maximum absolute atomic E-state index is 11.6. The number of carbonyl (C=O) groups is 3. The number of hydrogen-bond acceptors (Lipinski definition) is 7. The monoisotopic (exact) mass is 303 g/mol. The van der Waals surface area contributed by atoms with Crippen molar-refractivity contribution in [3.8, 4) is 0 Å². The van der Waals surface area contributed by atoms with Crippen molar-refractivity contribution in [3.05, 3.63) is 29.3 Å². The van der Waals surface area contributed by atoms with E-state index in [0.29, 0.717) is 0 Å². The SMILES string of the molecule is NCC(=O)OC(=O)c1cccc(C(=O)O)c1S(=O)(=O)O. The number of benzene rings is 1. The number of rotatable bonds is 4. The molecule has 0 saturated carbocycles. The van der Waals surface area contributed by atoms with Gasteiger partial charge in [0.15, 0.2) is 0 Å². The maximum atomic E-state index is 11.6. The van der Waals surface area contributed by atoms with Crippen LogP contribution in [0.3, 0.4) is 0 Å². The summed E-state index contributed by atoms with van der Waals surface area (Å²) >= 11 is 0. The normalized spacial score (nSPS) is 10.9. The van der Waals surface area contributed by atoms with Crippen molar-refractivity contribution in [1.29, 1.82) is 0 Å². The molecule has 0 fully saturated rings. The Morgan fingerprint density at radius 2 is 1.75 bits per heavy atom. The van der Waals surface area contributed by atoms with Gasteiger partial charge in [0.2, 0.25) is 0 Å². The van der Waals surface area contributed by atoms with E-state index in [2.05, 4.69) is 4.74 Å². The number of aromatic carboxylic acids is 1. The predicted molar refractivity (Wildman–Crippen MR) is 62.7 cm³/mol. The second-order valence-corrected chi connectivity index (χ2v) is 4.79. The molecule has 0 aromatic heterocycles. The van der Waals surface area contributed by atoms with Gasteiger partial charge in [0, 0.05) is 0 Å². The number of carboxylic acids is 1. The molecule has 0 heterocycles. The molecule has 1 aromatic rings. The lowest BCUT2D eigenvalue weighted by molar-refractivity contribution is -0.136. The van der Waals surface area contributed by atoms with Crippen LogP contribution in [0.4, 0.5) is 0 Å². The Labute approximate surface area is 112 Å². The number of nitrogens with two attached hydrogens (primary N) is 1. The molecule has 20 heavy (non-hydrogen) atoms. The molecule has 0 spiro atoms. The topological polar surface area (TPSA) is 161 Å². The van der Waals surface area contributed by atoms with Gasteiger partial charge in [-0.25, -0.2) is 9.59 Å². The minimum absolute atomic E-state index is 0.633. The van der Waals surface area contributed by atoms with Crippen LogP contribution >= 0.6 is 0 Å². The first kappa shape index (κ1) is 15.8. The first-order chi connectivity index (χ1) is 9.18. The Balaban J connectivity index is 3.48. The Morgan fingerprint density at radius 3 is 2.20 bits per heavy atom. The van der Waals surface area contributed by atoms with E-state index in [1.54, 1.807) is 0 Å². The molecule has 0 atom stereocenters. The fourth-order valence-electron chi connectivity index (χ4n) is 1.34. The summed E-state index contributed by atoms with van der Waals surface area (Å²) in [6.45, 7) is -0.633. The van der Waals surface area contributed by atoms with Crippen LogP contribution in [0.25, 0.3) is 0 Å². The van der Waals surface area contributed by atoms with E-state index in [9.17, 15) is 22.8 Å². The summed E-state index contributed by atoms with van der Waals surface area (Å²) in [6, 6.07) is 2.82. The van der Waals surface area contributed by atoms with Crippen LogP contribution in [0.2, 0.25) is 0 Å². The molecule has 0 unspecified atom stereocenters. The third kappa shape index (κ3) is 3.38. The van der Waals surface area contributed by atoms with Crippen LogP contribution in [0, 0.1) is 0 Å². The lowest BCUT2D eigenvalue weighted by Crippen LogP contribution is -2.23. The van der Waals surface area contributed by atoms with E-state index in [-0.39, 0.29) is 0 Å². The zero-order chi connectivity index (χ0) is 15.5. The van der Waals surface area contributed by atoms with Crippen molar-refractivity contribution in [3.63, 3.8) is 0 Å². The third-order valence-corrected chi connectivity index (χ3v) is 3.05. The largest absolute Gasteiger partial charge is 0.478 e. The van der Waals surface area contributed by atoms with Crippen molar-refractivity contribution in [2.24, 2.45) is 5.73 Å². The highest BCUT2D eigenvalue weighted by molar-refractivity contribution is 7.86. The smallest absolute Gasteiger partial charge is 0.347 e. The van der Waals surface area contributed by atoms with Gasteiger partial charge >= 0.3 is 17.9 Å². The first-order valence-electron chi connectivity index (χ1n) is 4.97. The highest BCUT2D eigenvalue weighted by Crippen LogP contribution is 2.21. The van der Waals surface area contributed by atoms with E-state index in [0.717, 1.165) is 18.2 Å². The second-order valence-electron chi connectivity index (χ2n) is 3.43. The number of carbonyl (C=O) groups excluding carboxylic acids is 2. The summed E-state index contributed by atoms with van der Waals surface area (Å²) in [5.41, 5.74) is 3.30. The fraction of sp³-hybridized carbons (Fsp3) is 0.100. The van der Waals surface area contributed by atoms with Crippen LogP contribution in [-0.2, 0) is 19.6 Å². The van der Waals surface area contributed by atoms with Gasteiger partial charge in [0.05, 0.1) is 17.7 Å². The summed E-state index contributed by atoms with van der Waals surface area (Å²) in [5.74, 6) is -4.26. The summed E-state index contributed by atoms with van der Waals surface area (Å²) in [5, 5.41) is 8.85. The molecule has 0 radical (unpaired) electrons. The van der Waals surface area contributed by atoms with E-state index >= 15 is 0 Å². The highest BCUT2D eigenvalue weighted by Gasteiger charge is 2.28. The first-order valence-corrected chi connectivity index (χ1v) is 6.41. The van der Waals surface area contributed by atoms with Crippen LogP contribution in [0.1, 0.15) is 20.7 Å². The average molecular weight is 303 g/mol. The predicted octanol–water partition coefficient (Wildman–Crippen LogP) is -0.726. The Morgan fingerprint density at radius 1 is 1.20 bits per heavy atom. The summed E-state index contributed by atoms with van der Waals surface area (Å²) in [4.78, 5) is 32.2. The molecule has 0 amide bonds. The third-order valence-electron chi connectivity index (χ3n) is 2.10. The molecule has 0 saturated heterocycles. The molecular formula is C10H9NO8S. The van der Waals surface area contributed by atoms with Gasteiger partial charge in [-0.3, -0.25) is 9.35 Å². The van der Waals surface area contributed by atoms with Crippen molar-refractivity contribution in [2.75, 3.05) is 6.54 Å². The van der Waals surface area contributed by atoms with Crippen molar-refractivity contribution in [2.45, 2.75) is 4.90 Å². The quantitative estimate of drug-likeness (QED) is 0.370. The van der Waals surface area contributed by atoms with Gasteiger partial charge < -0.3 is 15.6 Å². The Hall–Kier alpha value is -2.30. The zero-order valence-electron chi connectivity index (χ0n) is 9.77. The van der Waals surface area contributed by atoms with Gasteiger partial charge in [-0.1, -0.05) is 6.07 Å². The number of esters is 2. The van der Waals surface area contributed by atoms with Crippen LogP contribution in [-0.4, -0.2) is 42.5 Å². The highest BCUT2D eigenvalue weighted by atomic mass is 32.2. The molecule has 0 aliphatic rings. The Bertz CT molecular complexity index is 678. The maximum Gasteiger partial charge on any atom is 0.347 e. The van der Waals surface area contributed by atoms with E-state index in [1.165, 1.54) is 0 Å². The molecule has 0 aliphatic heterocycles. The molecule has 1 aromatic carbocycles. The van der Waals surface area contributed by atoms with E-state index in [1.807, 2.05) is 0 Å². The second kappa shape index (κ2) is 5.77. The van der Waals surface area contributed by atoms with Gasteiger partial charge in [-0.05, 0) is 12.1 Å². The van der Waals surface area contributed by atoms with Crippen molar-refractivity contribution >= 4 is 28.0 Å². The Kier molecular flexibility index (Phi) is 4.55. The number of ether oxygens (including phenoxy) is 1. The van der Waals surface area contributed by atoms with Crippen LogP contribution < -0.4 is 5.73 Å². The summed E-state index contributed by atoms with van der Waals surface area (Å²) in [6.07, 6.45) is 0. The van der Waals surface area contributed by atoms with E-state index < -0.39 is 50.6 Å². The van der Waals surface area contributed by atoms with Crippen LogP contribution in [0.15, 0.2) is 23.1 Å². The van der Waals surface area contributed by atoms with E-state index in [4.69, 9.17) is 15.4 Å².